The molecule has 32 heavy (non-hydrogen) atoms. The molecule has 1 saturated heterocycles. The highest BCUT2D eigenvalue weighted by molar-refractivity contribution is 8.15. The number of nitrogens with zero attached hydrogens (tertiary/aromatic N) is 2. The van der Waals surface area contributed by atoms with E-state index in [2.05, 4.69) is 10.3 Å². The molecular formula is C23H20FN3O3S2. The van der Waals surface area contributed by atoms with E-state index in [-0.39, 0.29) is 24.1 Å². The first-order valence-corrected chi connectivity index (χ1v) is 11.6. The molecular weight excluding hydrogens is 449 g/mol. The average Bonchev–Trinajstić information content (AvgIpc) is 3.31. The topological polar surface area (TPSA) is 71.0 Å². The van der Waals surface area contributed by atoms with E-state index < -0.39 is 5.25 Å². The first kappa shape index (κ1) is 22.0. The summed E-state index contributed by atoms with van der Waals surface area (Å²) in [6.07, 6.45) is 0.0560. The van der Waals surface area contributed by atoms with E-state index in [1.807, 2.05) is 17.5 Å². The minimum Gasteiger partial charge on any atom is -0.497 e. The summed E-state index contributed by atoms with van der Waals surface area (Å²) in [7, 11) is 1.57. The van der Waals surface area contributed by atoms with Crippen molar-refractivity contribution in [2.75, 3.05) is 12.4 Å². The van der Waals surface area contributed by atoms with Crippen LogP contribution in [0, 0.1) is 5.82 Å². The van der Waals surface area contributed by atoms with Crippen molar-refractivity contribution in [1.29, 1.82) is 0 Å². The van der Waals surface area contributed by atoms with Crippen LogP contribution in [0.3, 0.4) is 0 Å². The van der Waals surface area contributed by atoms with Gasteiger partial charge in [0, 0.05) is 17.0 Å². The van der Waals surface area contributed by atoms with Gasteiger partial charge in [-0.25, -0.2) is 9.38 Å². The van der Waals surface area contributed by atoms with Gasteiger partial charge >= 0.3 is 0 Å². The Morgan fingerprint density at radius 2 is 1.94 bits per heavy atom. The highest BCUT2D eigenvalue weighted by Crippen LogP contribution is 2.31. The normalized spacial score (nSPS) is 17.4. The summed E-state index contributed by atoms with van der Waals surface area (Å²) in [5, 5.41) is 4.57. The highest BCUT2D eigenvalue weighted by atomic mass is 32.2. The van der Waals surface area contributed by atoms with E-state index >= 15 is 0 Å². The summed E-state index contributed by atoms with van der Waals surface area (Å²) in [6.45, 7) is 0.371. The summed E-state index contributed by atoms with van der Waals surface area (Å²) in [6, 6.07) is 16.5. The molecule has 1 aromatic heterocycles. The number of ether oxygens (including phenoxy) is 1. The summed E-state index contributed by atoms with van der Waals surface area (Å²) in [5.41, 5.74) is 1.12. The molecule has 1 fully saturated rings. The summed E-state index contributed by atoms with van der Waals surface area (Å²) >= 11 is 2.77. The van der Waals surface area contributed by atoms with E-state index in [0.29, 0.717) is 28.8 Å². The number of anilines is 1. The third-order valence-corrected chi connectivity index (χ3v) is 6.78. The van der Waals surface area contributed by atoms with Crippen molar-refractivity contribution in [2.45, 2.75) is 18.2 Å². The van der Waals surface area contributed by atoms with Gasteiger partial charge < -0.3 is 10.1 Å². The van der Waals surface area contributed by atoms with E-state index in [1.54, 1.807) is 47.6 Å². The summed E-state index contributed by atoms with van der Waals surface area (Å²) in [4.78, 5) is 33.1. The molecule has 3 aromatic rings. The Morgan fingerprint density at radius 3 is 2.59 bits per heavy atom. The van der Waals surface area contributed by atoms with Gasteiger partial charge in [0.15, 0.2) is 5.17 Å². The zero-order chi connectivity index (χ0) is 22.5. The van der Waals surface area contributed by atoms with Gasteiger partial charge in [0.2, 0.25) is 11.8 Å². The lowest BCUT2D eigenvalue weighted by molar-refractivity contribution is -0.129. The second-order valence-corrected chi connectivity index (χ2v) is 9.16. The van der Waals surface area contributed by atoms with Crippen LogP contribution in [-0.4, -0.2) is 34.2 Å². The number of hydrogen-bond acceptors (Lipinski definition) is 6. The van der Waals surface area contributed by atoms with Crippen molar-refractivity contribution in [2.24, 2.45) is 4.99 Å². The number of rotatable bonds is 6. The van der Waals surface area contributed by atoms with Gasteiger partial charge in [-0.15, -0.1) is 11.3 Å². The number of thioether (sulfide) groups is 1. The molecule has 1 unspecified atom stereocenters. The number of aliphatic imine (C=N–C) groups is 1. The molecule has 2 aromatic carbocycles. The van der Waals surface area contributed by atoms with Gasteiger partial charge in [-0.1, -0.05) is 17.8 Å². The molecule has 164 valence electrons. The lowest BCUT2D eigenvalue weighted by atomic mass is 10.2. The Labute approximate surface area is 193 Å². The standard InChI is InChI=1S/C23H20FN3O3S2/c1-30-18-10-8-16(9-11-18)25-22(29)20-13-21(28)27(14-19-3-2-12-31-19)23(32-20)26-17-6-4-15(24)5-7-17/h2-12,20H,13-14H2,1H3,(H,25,29). The third-order valence-electron chi connectivity index (χ3n) is 4.74. The Morgan fingerprint density at radius 1 is 1.19 bits per heavy atom. The fraction of sp³-hybridized carbons (Fsp3) is 0.174. The molecule has 9 heteroatoms. The SMILES string of the molecule is COc1ccc(NC(=O)C2CC(=O)N(Cc3cccs3)C(=Nc3ccc(F)cc3)S2)cc1. The fourth-order valence-corrected chi connectivity index (χ4v) is 4.87. The maximum Gasteiger partial charge on any atom is 0.238 e. The number of carbonyl (C=O) groups excluding carboxylic acids is 2. The van der Waals surface area contributed by atoms with Crippen LogP contribution in [0.25, 0.3) is 0 Å². The first-order valence-electron chi connectivity index (χ1n) is 9.80. The van der Waals surface area contributed by atoms with Crippen molar-refractivity contribution >= 4 is 51.5 Å². The molecule has 0 spiro atoms. The number of methoxy groups -OCH3 is 1. The molecule has 6 nitrogen and oxygen atoms in total. The number of carbonyl (C=O) groups is 2. The second-order valence-electron chi connectivity index (χ2n) is 6.96. The number of nitrogens with one attached hydrogen (secondary N) is 1. The predicted octanol–water partition coefficient (Wildman–Crippen LogP) is 5.06. The molecule has 1 aliphatic heterocycles. The molecule has 1 N–H and O–H groups in total. The minimum absolute atomic E-state index is 0.0560. The van der Waals surface area contributed by atoms with E-state index in [1.165, 1.54) is 36.0 Å². The Hall–Kier alpha value is -3.17. The van der Waals surface area contributed by atoms with E-state index in [9.17, 15) is 14.0 Å². The van der Waals surface area contributed by atoms with E-state index in [4.69, 9.17) is 4.74 Å². The Bertz CT molecular complexity index is 1120. The molecule has 4 rings (SSSR count). The van der Waals surface area contributed by atoms with Crippen LogP contribution < -0.4 is 10.1 Å². The van der Waals surface area contributed by atoms with Gasteiger partial charge in [-0.3, -0.25) is 14.5 Å². The molecule has 2 amide bonds. The Balaban J connectivity index is 1.56. The number of benzene rings is 2. The molecule has 1 aliphatic rings. The average molecular weight is 470 g/mol. The minimum atomic E-state index is -0.636. The second kappa shape index (κ2) is 9.97. The van der Waals surface area contributed by atoms with Gasteiger partial charge in [0.25, 0.3) is 0 Å². The summed E-state index contributed by atoms with van der Waals surface area (Å²) in [5.74, 6) is -0.152. The Kier molecular flexibility index (Phi) is 6.87. The zero-order valence-electron chi connectivity index (χ0n) is 17.2. The largest absolute Gasteiger partial charge is 0.497 e. The monoisotopic (exact) mass is 469 g/mol. The van der Waals surface area contributed by atoms with Crippen molar-refractivity contribution in [3.63, 3.8) is 0 Å². The van der Waals surface area contributed by atoms with Crippen molar-refractivity contribution in [3.05, 3.63) is 76.7 Å². The molecule has 0 saturated carbocycles. The summed E-state index contributed by atoms with van der Waals surface area (Å²) < 4.78 is 18.4. The van der Waals surface area contributed by atoms with Crippen LogP contribution in [0.2, 0.25) is 0 Å². The van der Waals surface area contributed by atoms with Crippen molar-refractivity contribution in [1.82, 2.24) is 4.90 Å². The molecule has 2 heterocycles. The molecule has 0 bridgehead atoms. The van der Waals surface area contributed by atoms with Gasteiger partial charge in [-0.2, -0.15) is 0 Å². The quantitative estimate of drug-likeness (QED) is 0.548. The highest BCUT2D eigenvalue weighted by Gasteiger charge is 2.36. The molecule has 0 radical (unpaired) electrons. The van der Waals surface area contributed by atoms with Crippen LogP contribution in [0.4, 0.5) is 15.8 Å². The van der Waals surface area contributed by atoms with E-state index in [0.717, 1.165) is 4.88 Å². The number of amidine groups is 1. The lowest BCUT2D eigenvalue weighted by Crippen LogP contribution is -2.44. The van der Waals surface area contributed by atoms with Crippen LogP contribution in [-0.2, 0) is 16.1 Å². The first-order chi connectivity index (χ1) is 15.5. The van der Waals surface area contributed by atoms with Crippen LogP contribution in [0.15, 0.2) is 71.0 Å². The fourth-order valence-electron chi connectivity index (χ4n) is 3.08. The maximum absolute atomic E-state index is 13.3. The number of thiophene rings is 1. The zero-order valence-corrected chi connectivity index (χ0v) is 18.8. The van der Waals surface area contributed by atoms with Gasteiger partial charge in [-0.05, 0) is 60.0 Å². The van der Waals surface area contributed by atoms with Crippen molar-refractivity contribution in [3.8, 4) is 5.75 Å². The number of hydrogen-bond donors (Lipinski definition) is 1. The third kappa shape index (κ3) is 5.35. The molecule has 0 aliphatic carbocycles. The number of amides is 2. The molecule has 1 atom stereocenters. The van der Waals surface area contributed by atoms with Gasteiger partial charge in [0.1, 0.15) is 16.8 Å². The van der Waals surface area contributed by atoms with Gasteiger partial charge in [0.05, 0.1) is 19.3 Å². The lowest BCUT2D eigenvalue weighted by Gasteiger charge is -2.31. The predicted molar refractivity (Wildman–Crippen MR) is 126 cm³/mol. The number of halogens is 1. The van der Waals surface area contributed by atoms with Crippen LogP contribution in [0.1, 0.15) is 11.3 Å². The van der Waals surface area contributed by atoms with Crippen molar-refractivity contribution < 1.29 is 18.7 Å². The van der Waals surface area contributed by atoms with Crippen LogP contribution >= 0.6 is 23.1 Å². The van der Waals surface area contributed by atoms with Crippen LogP contribution in [0.5, 0.6) is 5.75 Å². The smallest absolute Gasteiger partial charge is 0.238 e. The maximum atomic E-state index is 13.3.